The Morgan fingerprint density at radius 3 is 2.57 bits per heavy atom. The van der Waals surface area contributed by atoms with Gasteiger partial charge in [0.2, 0.25) is 5.91 Å². The van der Waals surface area contributed by atoms with Crippen molar-refractivity contribution in [2.45, 2.75) is 37.3 Å². The van der Waals surface area contributed by atoms with Crippen molar-refractivity contribution in [3.05, 3.63) is 66.1 Å². The minimum atomic E-state index is -4.29. The number of benzene rings is 2. The van der Waals surface area contributed by atoms with Crippen molar-refractivity contribution in [3.63, 3.8) is 0 Å². The molecule has 180 valence electrons. The van der Waals surface area contributed by atoms with E-state index in [0.29, 0.717) is 24.3 Å². The molecule has 2 aromatic heterocycles. The number of halogens is 3. The van der Waals surface area contributed by atoms with Gasteiger partial charge in [-0.25, -0.2) is 4.98 Å². The quantitative estimate of drug-likeness (QED) is 0.376. The molecule has 1 amide bonds. The maximum absolute atomic E-state index is 12.8. The Hall–Kier alpha value is -3.95. The molecule has 1 fully saturated rings. The van der Waals surface area contributed by atoms with Crippen molar-refractivity contribution in [2.24, 2.45) is 0 Å². The fourth-order valence-corrected chi connectivity index (χ4v) is 4.05. The summed E-state index contributed by atoms with van der Waals surface area (Å²) in [6.07, 6.45) is -2.72. The molecule has 1 aliphatic carbocycles. The fraction of sp³-hybridized carbons (Fsp3) is 0.280. The van der Waals surface area contributed by atoms with E-state index in [2.05, 4.69) is 20.4 Å². The molecule has 0 unspecified atom stereocenters. The number of carbonyl (C=O) groups excluding carboxylic acids is 1. The Morgan fingerprint density at radius 2 is 1.89 bits per heavy atom. The van der Waals surface area contributed by atoms with Gasteiger partial charge < -0.3 is 14.6 Å². The number of alkyl halides is 3. The number of hydrogen-bond acceptors (Lipinski definition) is 6. The van der Waals surface area contributed by atoms with Crippen LogP contribution in [0.5, 0.6) is 5.75 Å². The van der Waals surface area contributed by atoms with Crippen molar-refractivity contribution in [3.8, 4) is 17.0 Å². The third-order valence-corrected chi connectivity index (χ3v) is 6.06. The summed E-state index contributed by atoms with van der Waals surface area (Å²) in [7, 11) is 1.59. The molecule has 10 heteroatoms. The molecule has 2 aromatic carbocycles. The van der Waals surface area contributed by atoms with Gasteiger partial charge in [0.15, 0.2) is 5.82 Å². The first kappa shape index (κ1) is 22.8. The van der Waals surface area contributed by atoms with Gasteiger partial charge in [-0.15, -0.1) is 0 Å². The van der Waals surface area contributed by atoms with Crippen LogP contribution in [0.25, 0.3) is 22.3 Å². The summed E-state index contributed by atoms with van der Waals surface area (Å²) in [6, 6.07) is 14.2. The predicted molar refractivity (Wildman–Crippen MR) is 122 cm³/mol. The molecular formula is C25H21F3N4O3. The van der Waals surface area contributed by atoms with Gasteiger partial charge in [0.1, 0.15) is 11.5 Å². The van der Waals surface area contributed by atoms with Crippen molar-refractivity contribution in [2.75, 3.05) is 12.4 Å². The van der Waals surface area contributed by atoms with E-state index in [1.165, 1.54) is 6.07 Å². The molecule has 1 aliphatic rings. The number of carbonyl (C=O) groups is 1. The number of amides is 1. The number of nitrogens with zero attached hydrogens (tertiary/aromatic N) is 3. The molecular weight excluding hydrogens is 461 g/mol. The Morgan fingerprint density at radius 1 is 1.11 bits per heavy atom. The lowest BCUT2D eigenvalue weighted by Crippen LogP contribution is -2.19. The predicted octanol–water partition coefficient (Wildman–Crippen LogP) is 5.46. The molecule has 4 aromatic rings. The van der Waals surface area contributed by atoms with E-state index in [1.807, 2.05) is 42.5 Å². The summed E-state index contributed by atoms with van der Waals surface area (Å²) in [4.78, 5) is 21.5. The average molecular weight is 482 g/mol. The normalized spacial score (nSPS) is 14.6. The van der Waals surface area contributed by atoms with Gasteiger partial charge in [0.05, 0.1) is 42.9 Å². The summed E-state index contributed by atoms with van der Waals surface area (Å²) in [6.45, 7) is 0. The van der Waals surface area contributed by atoms with Crippen molar-refractivity contribution >= 4 is 22.8 Å². The second-order valence-corrected chi connectivity index (χ2v) is 8.68. The average Bonchev–Trinajstić information content (AvgIpc) is 3.43. The Labute approximate surface area is 198 Å². The molecule has 0 radical (unpaired) electrons. The number of nitrogens with one attached hydrogen (secondary N) is 1. The van der Waals surface area contributed by atoms with Crippen LogP contribution in [0.15, 0.2) is 59.3 Å². The van der Waals surface area contributed by atoms with Gasteiger partial charge in [-0.05, 0) is 30.5 Å². The third-order valence-electron chi connectivity index (χ3n) is 6.06. The van der Waals surface area contributed by atoms with Gasteiger partial charge in [-0.2, -0.15) is 13.2 Å². The van der Waals surface area contributed by atoms with Crippen LogP contribution in [0.3, 0.4) is 0 Å². The second-order valence-electron chi connectivity index (χ2n) is 8.68. The molecule has 7 nitrogen and oxygen atoms in total. The lowest BCUT2D eigenvalue weighted by Gasteiger charge is -2.13. The Bertz CT molecular complexity index is 1380. The Balaban J connectivity index is 1.22. The zero-order valence-electron chi connectivity index (χ0n) is 18.7. The van der Waals surface area contributed by atoms with E-state index in [9.17, 15) is 18.0 Å². The van der Waals surface area contributed by atoms with Gasteiger partial charge in [0.25, 0.3) is 0 Å². The third kappa shape index (κ3) is 5.11. The minimum Gasteiger partial charge on any atom is -0.497 e. The van der Waals surface area contributed by atoms with E-state index in [1.54, 1.807) is 13.3 Å². The monoisotopic (exact) mass is 482 g/mol. The van der Waals surface area contributed by atoms with E-state index in [-0.39, 0.29) is 23.9 Å². The molecule has 0 atom stereocenters. The Kier molecular flexibility index (Phi) is 5.66. The van der Waals surface area contributed by atoms with Gasteiger partial charge in [-0.1, -0.05) is 29.4 Å². The number of rotatable bonds is 7. The number of aromatic nitrogens is 3. The van der Waals surface area contributed by atoms with Crippen LogP contribution < -0.4 is 10.1 Å². The molecule has 1 saturated carbocycles. The summed E-state index contributed by atoms with van der Waals surface area (Å²) < 4.78 is 48.8. The molecule has 2 heterocycles. The van der Waals surface area contributed by atoms with Crippen LogP contribution in [0.4, 0.5) is 19.0 Å². The summed E-state index contributed by atoms with van der Waals surface area (Å²) in [5.41, 5.74) is 2.71. The van der Waals surface area contributed by atoms with Crippen molar-refractivity contribution in [1.29, 1.82) is 0 Å². The smallest absolute Gasteiger partial charge is 0.390 e. The largest absolute Gasteiger partial charge is 0.497 e. The van der Waals surface area contributed by atoms with Gasteiger partial charge in [-0.3, -0.25) is 9.78 Å². The van der Waals surface area contributed by atoms with Crippen molar-refractivity contribution in [1.82, 2.24) is 15.1 Å². The number of methoxy groups -OCH3 is 1. The molecule has 5 rings (SSSR count). The molecule has 0 saturated heterocycles. The van der Waals surface area contributed by atoms with Crippen LogP contribution in [0.2, 0.25) is 0 Å². The number of hydrogen-bond donors (Lipinski definition) is 1. The van der Waals surface area contributed by atoms with E-state index < -0.39 is 18.0 Å². The van der Waals surface area contributed by atoms with Crippen LogP contribution in [-0.2, 0) is 16.6 Å². The maximum atomic E-state index is 12.8. The maximum Gasteiger partial charge on any atom is 0.390 e. The van der Waals surface area contributed by atoms with Gasteiger partial charge in [0, 0.05) is 23.1 Å². The van der Waals surface area contributed by atoms with Crippen LogP contribution >= 0.6 is 0 Å². The zero-order valence-corrected chi connectivity index (χ0v) is 18.7. The number of anilines is 1. The van der Waals surface area contributed by atoms with E-state index in [0.717, 1.165) is 22.2 Å². The highest BCUT2D eigenvalue weighted by Crippen LogP contribution is 2.55. The van der Waals surface area contributed by atoms with Crippen LogP contribution in [-0.4, -0.2) is 34.3 Å². The summed E-state index contributed by atoms with van der Waals surface area (Å²) in [5, 5.41) is 6.32. The van der Waals surface area contributed by atoms with E-state index >= 15 is 0 Å². The molecule has 0 bridgehead atoms. The summed E-state index contributed by atoms with van der Waals surface area (Å²) in [5.74, 6) is 0.623. The second kappa shape index (κ2) is 8.68. The topological polar surface area (TPSA) is 90.1 Å². The number of fused-ring (bicyclic) bond motifs is 1. The van der Waals surface area contributed by atoms with Crippen LogP contribution in [0.1, 0.15) is 30.6 Å². The van der Waals surface area contributed by atoms with E-state index in [4.69, 9.17) is 9.26 Å². The summed E-state index contributed by atoms with van der Waals surface area (Å²) >= 11 is 0. The van der Waals surface area contributed by atoms with Gasteiger partial charge >= 0.3 is 6.18 Å². The SMILES string of the molecule is COc1ccc2nc(-c3ccc(CC(=O)Nc4cc(C5(CC(F)(F)F)CC5)on4)cc3)cnc2c1. The molecule has 1 N–H and O–H groups in total. The first-order chi connectivity index (χ1) is 16.7. The molecule has 0 spiro atoms. The van der Waals surface area contributed by atoms with Crippen molar-refractivity contribution < 1.29 is 27.2 Å². The molecule has 35 heavy (non-hydrogen) atoms. The fourth-order valence-electron chi connectivity index (χ4n) is 4.05. The highest BCUT2D eigenvalue weighted by molar-refractivity contribution is 5.91. The highest BCUT2D eigenvalue weighted by atomic mass is 19.4. The molecule has 0 aliphatic heterocycles. The zero-order chi connectivity index (χ0) is 24.6. The first-order valence-electron chi connectivity index (χ1n) is 11.0. The highest BCUT2D eigenvalue weighted by Gasteiger charge is 2.54. The lowest BCUT2D eigenvalue weighted by molar-refractivity contribution is -0.142. The lowest BCUT2D eigenvalue weighted by atomic mass is 9.99. The number of ether oxygens (including phenoxy) is 1. The van der Waals surface area contributed by atoms with Crippen LogP contribution in [0, 0.1) is 0 Å². The standard InChI is InChI=1S/C25H21F3N4O3/c1-34-17-6-7-18-19(11-17)29-13-20(30-18)16-4-2-15(3-5-16)10-23(33)31-22-12-21(35-32-22)24(8-9-24)14-25(26,27)28/h2-7,11-13H,8-10,14H2,1H3,(H,31,32,33). The minimum absolute atomic E-state index is 0.0688. The first-order valence-corrected chi connectivity index (χ1v) is 11.0.